The number of esters is 1. The van der Waals surface area contributed by atoms with Gasteiger partial charge in [0.2, 0.25) is 0 Å². The van der Waals surface area contributed by atoms with Crippen molar-refractivity contribution in [3.8, 4) is 0 Å². The van der Waals surface area contributed by atoms with Crippen molar-refractivity contribution in [3.63, 3.8) is 0 Å². The van der Waals surface area contributed by atoms with Gasteiger partial charge in [-0.15, -0.1) is 0 Å². The molecule has 1 fully saturated rings. The van der Waals surface area contributed by atoms with Crippen LogP contribution in [0.5, 0.6) is 0 Å². The lowest BCUT2D eigenvalue weighted by Gasteiger charge is -2.42. The van der Waals surface area contributed by atoms with Crippen LogP contribution in [0.25, 0.3) is 0 Å². The van der Waals surface area contributed by atoms with Crippen LogP contribution in [0.1, 0.15) is 19.8 Å². The van der Waals surface area contributed by atoms with Gasteiger partial charge in [-0.3, -0.25) is 9.69 Å². The fourth-order valence-corrected chi connectivity index (χ4v) is 5.47. The molecule has 0 aromatic carbocycles. The van der Waals surface area contributed by atoms with Gasteiger partial charge in [0.1, 0.15) is 11.7 Å². The fourth-order valence-electron chi connectivity index (χ4n) is 5.47. The number of methoxy groups -OCH3 is 3. The second-order valence-corrected chi connectivity index (χ2v) is 8.32. The summed E-state index contributed by atoms with van der Waals surface area (Å²) in [6.45, 7) is 3.60. The van der Waals surface area contributed by atoms with Crippen LogP contribution in [-0.2, 0) is 23.8 Å². The van der Waals surface area contributed by atoms with Gasteiger partial charge in [0.15, 0.2) is 5.78 Å². The molecule has 1 aliphatic carbocycles. The summed E-state index contributed by atoms with van der Waals surface area (Å²) in [6.07, 6.45) is 9.03. The Morgan fingerprint density at radius 3 is 2.80 bits per heavy atom. The summed E-state index contributed by atoms with van der Waals surface area (Å²) in [5, 5.41) is 3.62. The average Bonchev–Trinajstić information content (AvgIpc) is 3.13. The molecule has 7 nitrogen and oxygen atoms in total. The van der Waals surface area contributed by atoms with Gasteiger partial charge in [-0.1, -0.05) is 25.5 Å². The molecule has 0 amide bonds. The highest BCUT2D eigenvalue weighted by molar-refractivity contribution is 6.02. The molecule has 4 aliphatic rings. The molecule has 1 N–H and O–H groups in total. The van der Waals surface area contributed by atoms with Crippen molar-refractivity contribution in [2.75, 3.05) is 34.4 Å². The zero-order valence-corrected chi connectivity index (χ0v) is 18.0. The van der Waals surface area contributed by atoms with E-state index in [4.69, 9.17) is 14.2 Å². The molecule has 3 heterocycles. The second kappa shape index (κ2) is 8.30. The number of piperidine rings is 1. The van der Waals surface area contributed by atoms with Crippen molar-refractivity contribution in [1.29, 1.82) is 0 Å². The van der Waals surface area contributed by atoms with Crippen LogP contribution in [0.2, 0.25) is 0 Å². The number of nitrogens with one attached hydrogen (secondary N) is 1. The highest BCUT2D eigenvalue weighted by Gasteiger charge is 2.50. The Morgan fingerprint density at radius 2 is 2.13 bits per heavy atom. The van der Waals surface area contributed by atoms with Crippen molar-refractivity contribution in [3.05, 3.63) is 47.1 Å². The highest BCUT2D eigenvalue weighted by atomic mass is 16.5. The number of ketones is 1. The number of fused-ring (bicyclic) bond motifs is 3. The number of rotatable bonds is 5. The third-order valence-corrected chi connectivity index (χ3v) is 6.95. The van der Waals surface area contributed by atoms with E-state index in [0.29, 0.717) is 17.9 Å². The van der Waals surface area contributed by atoms with Crippen LogP contribution in [0.15, 0.2) is 47.1 Å². The zero-order chi connectivity index (χ0) is 21.4. The lowest BCUT2D eigenvalue weighted by atomic mass is 9.75. The normalized spacial score (nSPS) is 33.2. The first-order chi connectivity index (χ1) is 14.5. The molecule has 0 saturated carbocycles. The summed E-state index contributed by atoms with van der Waals surface area (Å²) < 4.78 is 15.7. The Morgan fingerprint density at radius 1 is 1.33 bits per heavy atom. The lowest BCUT2D eigenvalue weighted by molar-refractivity contribution is -0.137. The van der Waals surface area contributed by atoms with Gasteiger partial charge in [0.05, 0.1) is 45.2 Å². The van der Waals surface area contributed by atoms with Gasteiger partial charge in [-0.2, -0.15) is 0 Å². The Labute approximate surface area is 177 Å². The van der Waals surface area contributed by atoms with Crippen LogP contribution in [0, 0.1) is 17.8 Å². The van der Waals surface area contributed by atoms with Crippen molar-refractivity contribution in [2.45, 2.75) is 31.8 Å². The molecule has 7 heteroatoms. The number of ether oxygens (including phenoxy) is 3. The van der Waals surface area contributed by atoms with E-state index in [-0.39, 0.29) is 41.6 Å². The van der Waals surface area contributed by atoms with E-state index >= 15 is 0 Å². The van der Waals surface area contributed by atoms with Crippen molar-refractivity contribution < 1.29 is 23.8 Å². The summed E-state index contributed by atoms with van der Waals surface area (Å²) in [6, 6.07) is -0.0268. The maximum Gasteiger partial charge on any atom is 0.337 e. The van der Waals surface area contributed by atoms with Gasteiger partial charge >= 0.3 is 5.97 Å². The van der Waals surface area contributed by atoms with Gasteiger partial charge in [-0.05, 0) is 24.3 Å². The van der Waals surface area contributed by atoms with Crippen molar-refractivity contribution >= 4 is 11.8 Å². The van der Waals surface area contributed by atoms with Crippen LogP contribution in [0.4, 0.5) is 0 Å². The first kappa shape index (κ1) is 20.7. The average molecular weight is 415 g/mol. The Hall–Kier alpha value is -2.54. The second-order valence-electron chi connectivity index (χ2n) is 8.32. The molecular weight excluding hydrogens is 384 g/mol. The maximum absolute atomic E-state index is 13.4. The molecule has 162 valence electrons. The van der Waals surface area contributed by atoms with E-state index in [1.165, 1.54) is 13.4 Å². The van der Waals surface area contributed by atoms with Crippen LogP contribution >= 0.6 is 0 Å². The summed E-state index contributed by atoms with van der Waals surface area (Å²) in [5.41, 5.74) is 2.43. The number of hydrogen-bond donors (Lipinski definition) is 1. The van der Waals surface area contributed by atoms with E-state index in [1.54, 1.807) is 14.2 Å². The molecule has 0 aromatic heterocycles. The minimum Gasteiger partial charge on any atom is -0.504 e. The maximum atomic E-state index is 13.4. The minimum absolute atomic E-state index is 0.0152. The highest BCUT2D eigenvalue weighted by Crippen LogP contribution is 2.44. The zero-order valence-electron chi connectivity index (χ0n) is 18.0. The number of nitrogens with zero attached hydrogens (tertiary/aromatic N) is 1. The summed E-state index contributed by atoms with van der Waals surface area (Å²) in [5.74, 6) is 0.495. The van der Waals surface area contributed by atoms with Crippen molar-refractivity contribution in [1.82, 2.24) is 10.2 Å². The van der Waals surface area contributed by atoms with Gasteiger partial charge in [0, 0.05) is 24.4 Å². The molecule has 0 aromatic rings. The summed E-state index contributed by atoms with van der Waals surface area (Å²) >= 11 is 0. The van der Waals surface area contributed by atoms with Crippen LogP contribution in [0.3, 0.4) is 0 Å². The Kier molecular flexibility index (Phi) is 5.73. The first-order valence-corrected chi connectivity index (χ1v) is 10.5. The van der Waals surface area contributed by atoms with Gasteiger partial charge in [-0.25, -0.2) is 4.79 Å². The molecule has 0 bridgehead atoms. The van der Waals surface area contributed by atoms with E-state index in [1.807, 2.05) is 18.2 Å². The first-order valence-electron chi connectivity index (χ1n) is 10.5. The van der Waals surface area contributed by atoms with Crippen molar-refractivity contribution in [2.24, 2.45) is 17.8 Å². The van der Waals surface area contributed by atoms with E-state index in [2.05, 4.69) is 17.1 Å². The molecule has 1 saturated heterocycles. The predicted octanol–water partition coefficient (Wildman–Crippen LogP) is 1.93. The third kappa shape index (κ3) is 3.25. The van der Waals surface area contributed by atoms with Gasteiger partial charge < -0.3 is 19.5 Å². The minimum atomic E-state index is -0.348. The lowest BCUT2D eigenvalue weighted by Crippen LogP contribution is -2.50. The Balaban J connectivity index is 1.65. The molecule has 3 aliphatic heterocycles. The molecule has 0 radical (unpaired) electrons. The smallest absolute Gasteiger partial charge is 0.337 e. The molecular formula is C23H30N2O5. The number of hydrogen-bond acceptors (Lipinski definition) is 7. The monoisotopic (exact) mass is 414 g/mol. The van der Waals surface area contributed by atoms with E-state index in [0.717, 1.165) is 30.7 Å². The van der Waals surface area contributed by atoms with Gasteiger partial charge in [0.25, 0.3) is 0 Å². The van der Waals surface area contributed by atoms with Crippen LogP contribution < -0.4 is 5.32 Å². The molecule has 5 atom stereocenters. The predicted molar refractivity (Wildman–Crippen MR) is 111 cm³/mol. The molecule has 0 spiro atoms. The topological polar surface area (TPSA) is 77.1 Å². The molecule has 4 rings (SSSR count). The third-order valence-electron chi connectivity index (χ3n) is 6.95. The summed E-state index contributed by atoms with van der Waals surface area (Å²) in [4.78, 5) is 28.2. The standard InChI is InChI=1S/C23H30N2O5/c1-5-13-10-25-11-15-21(18(25)9-14(13)16(12-28-2)23(27)30-4)24-17-7-6-8-19(29-3)20(17)22(15)26/h6-8,12-14,17-18,20,24H,5,9-11H2,1-4H3/b16-12+/t13-,14+,17?,18+,20?/m1/s1. The molecule has 30 heavy (non-hydrogen) atoms. The molecule has 2 unspecified atom stereocenters. The van der Waals surface area contributed by atoms with Crippen LogP contribution in [-0.4, -0.2) is 63.2 Å². The quantitative estimate of drug-likeness (QED) is 0.418. The number of carbonyl (C=O) groups excluding carboxylic acids is 2. The number of Topliss-reactive ketones (excluding diaryl/α,β-unsaturated/α-hetero) is 1. The summed E-state index contributed by atoms with van der Waals surface area (Å²) in [7, 11) is 4.56. The largest absolute Gasteiger partial charge is 0.504 e. The fraction of sp³-hybridized carbons (Fsp3) is 0.565. The van der Waals surface area contributed by atoms with E-state index in [9.17, 15) is 9.59 Å². The Bertz CT molecular complexity index is 856. The SMILES string of the molecule is CC[C@@H]1CN2CC3=C(NC4C=CC=C(OC)C4C3=O)[C@@H]2C[C@@H]1/C(=C\OC)C(=O)OC. The van der Waals surface area contributed by atoms with E-state index < -0.39 is 0 Å². The number of carbonyl (C=O) groups is 2. The number of allylic oxidation sites excluding steroid dienone is 2.